The second-order valence-electron chi connectivity index (χ2n) is 5.44. The number of nitrogens with one attached hydrogen (secondary N) is 1. The molecular weight excluding hydrogens is 294 g/mol. The number of carbonyl (C=O) groups is 1. The maximum atomic E-state index is 12.2. The first-order valence-corrected chi connectivity index (χ1v) is 7.15. The van der Waals surface area contributed by atoms with Gasteiger partial charge in [-0.25, -0.2) is 0 Å². The van der Waals surface area contributed by atoms with Crippen LogP contribution >= 0.6 is 15.9 Å². The monoisotopic (exact) mass is 313 g/mol. The van der Waals surface area contributed by atoms with Gasteiger partial charge in [0.1, 0.15) is 5.69 Å². The Morgan fingerprint density at radius 3 is 2.78 bits per heavy atom. The molecule has 5 heteroatoms. The van der Waals surface area contributed by atoms with E-state index in [0.29, 0.717) is 12.2 Å². The van der Waals surface area contributed by atoms with Gasteiger partial charge < -0.3 is 15.6 Å². The molecule has 0 spiro atoms. The van der Waals surface area contributed by atoms with E-state index in [4.69, 9.17) is 5.73 Å². The van der Waals surface area contributed by atoms with Crippen LogP contribution < -0.4 is 11.1 Å². The highest BCUT2D eigenvalue weighted by Crippen LogP contribution is 2.28. The molecule has 100 valence electrons. The van der Waals surface area contributed by atoms with Crippen LogP contribution in [-0.4, -0.2) is 22.6 Å². The van der Waals surface area contributed by atoms with Crippen molar-refractivity contribution < 1.29 is 4.79 Å². The van der Waals surface area contributed by atoms with Crippen molar-refractivity contribution in [2.45, 2.75) is 44.7 Å². The molecule has 0 aromatic carbocycles. The van der Waals surface area contributed by atoms with Crippen LogP contribution in [0.15, 0.2) is 16.7 Å². The molecule has 18 heavy (non-hydrogen) atoms. The molecule has 1 aromatic heterocycles. The van der Waals surface area contributed by atoms with Gasteiger partial charge in [-0.2, -0.15) is 0 Å². The van der Waals surface area contributed by atoms with Gasteiger partial charge in [0, 0.05) is 28.8 Å². The number of hydrogen-bond donors (Lipinski definition) is 2. The second kappa shape index (κ2) is 5.05. The highest BCUT2D eigenvalue weighted by atomic mass is 79.9. The van der Waals surface area contributed by atoms with E-state index in [0.717, 1.165) is 17.3 Å². The van der Waals surface area contributed by atoms with Gasteiger partial charge in [0.2, 0.25) is 0 Å². The zero-order valence-electron chi connectivity index (χ0n) is 10.9. The Labute approximate surface area is 116 Å². The van der Waals surface area contributed by atoms with Gasteiger partial charge in [0.05, 0.1) is 0 Å². The van der Waals surface area contributed by atoms with E-state index < -0.39 is 0 Å². The Bertz CT molecular complexity index is 449. The smallest absolute Gasteiger partial charge is 0.268 e. The average Bonchev–Trinajstić information content (AvgIpc) is 2.66. The lowest BCUT2D eigenvalue weighted by Gasteiger charge is -2.38. The van der Waals surface area contributed by atoms with E-state index in [2.05, 4.69) is 35.1 Å². The lowest BCUT2D eigenvalue weighted by atomic mass is 9.78. The Morgan fingerprint density at radius 1 is 1.61 bits per heavy atom. The molecule has 1 heterocycles. The topological polar surface area (TPSA) is 60.0 Å². The molecule has 1 saturated carbocycles. The Balaban J connectivity index is 2.04. The van der Waals surface area contributed by atoms with Crippen molar-refractivity contribution >= 4 is 21.8 Å². The summed E-state index contributed by atoms with van der Waals surface area (Å²) in [6, 6.07) is 2.10. The van der Waals surface area contributed by atoms with Crippen molar-refractivity contribution in [3.05, 3.63) is 22.4 Å². The van der Waals surface area contributed by atoms with Crippen LogP contribution in [0.25, 0.3) is 0 Å². The molecule has 3 N–H and O–H groups in total. The summed E-state index contributed by atoms with van der Waals surface area (Å²) in [5, 5.41) is 2.94. The lowest BCUT2D eigenvalue weighted by molar-refractivity contribution is 0.0919. The first kappa shape index (κ1) is 13.6. The molecule has 0 saturated heterocycles. The minimum Gasteiger partial charge on any atom is -0.349 e. The number of nitrogens with two attached hydrogens (primary N) is 1. The van der Waals surface area contributed by atoms with Crippen LogP contribution in [0, 0.1) is 0 Å². The van der Waals surface area contributed by atoms with Crippen molar-refractivity contribution in [2.24, 2.45) is 5.73 Å². The maximum Gasteiger partial charge on any atom is 0.268 e. The number of aromatic nitrogens is 1. The molecule has 1 aliphatic rings. The van der Waals surface area contributed by atoms with Crippen LogP contribution in [0.5, 0.6) is 0 Å². The number of halogens is 1. The summed E-state index contributed by atoms with van der Waals surface area (Å²) in [6.45, 7) is 4.67. The third kappa shape index (κ3) is 2.78. The van der Waals surface area contributed by atoms with E-state index in [-0.39, 0.29) is 17.5 Å². The summed E-state index contributed by atoms with van der Waals surface area (Å²) >= 11 is 3.41. The Hall–Kier alpha value is -0.810. The zero-order chi connectivity index (χ0) is 13.3. The van der Waals surface area contributed by atoms with Crippen molar-refractivity contribution in [3.8, 4) is 0 Å². The largest absolute Gasteiger partial charge is 0.349 e. The number of rotatable bonds is 4. The van der Waals surface area contributed by atoms with Gasteiger partial charge >= 0.3 is 0 Å². The third-order valence-corrected chi connectivity index (χ3v) is 3.99. The molecule has 4 nitrogen and oxygen atoms in total. The number of hydrogen-bond acceptors (Lipinski definition) is 2. The second-order valence-corrected chi connectivity index (χ2v) is 6.36. The highest BCUT2D eigenvalue weighted by molar-refractivity contribution is 9.10. The van der Waals surface area contributed by atoms with Gasteiger partial charge in [0.15, 0.2) is 0 Å². The summed E-state index contributed by atoms with van der Waals surface area (Å²) in [4.78, 5) is 12.2. The number of nitrogens with zero attached hydrogens (tertiary/aromatic N) is 1. The molecule has 1 aliphatic carbocycles. The standard InChI is InChI=1S/C13H20BrN3O/c1-9(2)17-7-10(14)6-11(17)12(18)16-8-13(15)4-3-5-13/h6-7,9H,3-5,8,15H2,1-2H3,(H,16,18). The molecule has 2 rings (SSSR count). The highest BCUT2D eigenvalue weighted by Gasteiger charge is 2.32. The molecule has 0 bridgehead atoms. The molecule has 0 aliphatic heterocycles. The van der Waals surface area contributed by atoms with Gasteiger partial charge in [0.25, 0.3) is 5.91 Å². The minimum atomic E-state index is -0.178. The SMILES string of the molecule is CC(C)n1cc(Br)cc1C(=O)NCC1(N)CCC1. The summed E-state index contributed by atoms with van der Waals surface area (Å²) in [5.74, 6) is -0.0499. The van der Waals surface area contributed by atoms with Gasteiger partial charge in [-0.3, -0.25) is 4.79 Å². The fourth-order valence-corrected chi connectivity index (χ4v) is 2.65. The number of carbonyl (C=O) groups excluding carboxylic acids is 1. The summed E-state index contributed by atoms with van der Waals surface area (Å²) in [6.07, 6.45) is 5.10. The quantitative estimate of drug-likeness (QED) is 0.897. The fourth-order valence-electron chi connectivity index (χ4n) is 2.21. The molecule has 1 aromatic rings. The van der Waals surface area contributed by atoms with Crippen LogP contribution in [0.1, 0.15) is 49.6 Å². The average molecular weight is 314 g/mol. The van der Waals surface area contributed by atoms with Crippen LogP contribution in [0.3, 0.4) is 0 Å². The van der Waals surface area contributed by atoms with E-state index in [1.54, 1.807) is 0 Å². The summed E-state index contributed by atoms with van der Waals surface area (Å²) in [7, 11) is 0. The first-order chi connectivity index (χ1) is 8.41. The minimum absolute atomic E-state index is 0.0499. The van der Waals surface area contributed by atoms with Crippen molar-refractivity contribution in [2.75, 3.05) is 6.54 Å². The number of amides is 1. The molecule has 0 atom stereocenters. The normalized spacial score (nSPS) is 17.6. The first-order valence-electron chi connectivity index (χ1n) is 6.36. The zero-order valence-corrected chi connectivity index (χ0v) is 12.5. The maximum absolute atomic E-state index is 12.2. The van der Waals surface area contributed by atoms with Crippen LogP contribution in [0.2, 0.25) is 0 Å². The van der Waals surface area contributed by atoms with Crippen LogP contribution in [0.4, 0.5) is 0 Å². The fraction of sp³-hybridized carbons (Fsp3) is 0.615. The van der Waals surface area contributed by atoms with Crippen molar-refractivity contribution in [3.63, 3.8) is 0 Å². The predicted molar refractivity (Wildman–Crippen MR) is 75.6 cm³/mol. The van der Waals surface area contributed by atoms with E-state index in [9.17, 15) is 4.79 Å². The molecule has 0 radical (unpaired) electrons. The molecular formula is C13H20BrN3O. The Kier molecular flexibility index (Phi) is 3.82. The van der Waals surface area contributed by atoms with Crippen LogP contribution in [-0.2, 0) is 0 Å². The summed E-state index contributed by atoms with van der Waals surface area (Å²) < 4.78 is 2.89. The molecule has 1 amide bonds. The Morgan fingerprint density at radius 2 is 2.28 bits per heavy atom. The van der Waals surface area contributed by atoms with Crippen molar-refractivity contribution in [1.82, 2.24) is 9.88 Å². The molecule has 1 fully saturated rings. The van der Waals surface area contributed by atoms with E-state index in [1.807, 2.05) is 16.8 Å². The van der Waals surface area contributed by atoms with Gasteiger partial charge in [-0.15, -0.1) is 0 Å². The van der Waals surface area contributed by atoms with E-state index in [1.165, 1.54) is 6.42 Å². The third-order valence-electron chi connectivity index (χ3n) is 3.55. The van der Waals surface area contributed by atoms with Gasteiger partial charge in [-0.1, -0.05) is 0 Å². The molecule has 0 unspecified atom stereocenters. The van der Waals surface area contributed by atoms with Gasteiger partial charge in [-0.05, 0) is 55.1 Å². The summed E-state index contributed by atoms with van der Waals surface area (Å²) in [5.41, 5.74) is 6.60. The predicted octanol–water partition coefficient (Wildman–Crippen LogP) is 2.44. The van der Waals surface area contributed by atoms with E-state index >= 15 is 0 Å². The lowest BCUT2D eigenvalue weighted by Crippen LogP contribution is -2.55. The van der Waals surface area contributed by atoms with Crippen molar-refractivity contribution in [1.29, 1.82) is 0 Å².